The number of nitrogens with zero attached hydrogens (tertiary/aromatic N) is 4. The summed E-state index contributed by atoms with van der Waals surface area (Å²) in [5, 5.41) is 35.6. The molecule has 4 amide bonds. The van der Waals surface area contributed by atoms with Crippen molar-refractivity contribution in [2.24, 2.45) is 16.2 Å². The lowest BCUT2D eigenvalue weighted by Gasteiger charge is -2.63. The van der Waals surface area contributed by atoms with Crippen molar-refractivity contribution in [2.45, 2.75) is 98.7 Å². The Kier molecular flexibility index (Phi) is 15.7. The van der Waals surface area contributed by atoms with Crippen LogP contribution in [-0.2, 0) is 20.9 Å². The first kappa shape index (κ1) is 51.5. The first-order chi connectivity index (χ1) is 33.2. The van der Waals surface area contributed by atoms with E-state index >= 15 is 0 Å². The molecule has 2 fully saturated rings. The number of thiazole rings is 1. The van der Waals surface area contributed by atoms with Gasteiger partial charge in [-0.2, -0.15) is 5.26 Å². The van der Waals surface area contributed by atoms with Gasteiger partial charge in [-0.25, -0.2) is 9.97 Å². The number of β-amino-alcohol motifs (C(OH)–C–C–N with tert-alkyl or cyclic N) is 1. The van der Waals surface area contributed by atoms with Crippen LogP contribution in [0.25, 0.3) is 21.6 Å². The fraction of sp³-hybridized carbons (Fsp3) is 0.415. The number of hydrogen-bond donors (Lipinski definition) is 6. The monoisotopic (exact) mass is 987 g/mol. The first-order valence-electron chi connectivity index (χ1n) is 23.4. The summed E-state index contributed by atoms with van der Waals surface area (Å²) in [5.41, 5.74) is 5.93. The van der Waals surface area contributed by atoms with E-state index < -0.39 is 40.3 Å². The average molecular weight is 989 g/mol. The van der Waals surface area contributed by atoms with Crippen molar-refractivity contribution < 1.29 is 29.0 Å². The zero-order valence-electron chi connectivity index (χ0n) is 40.9. The molecule has 0 unspecified atom stereocenters. The summed E-state index contributed by atoms with van der Waals surface area (Å²) < 4.78 is 6.37. The average Bonchev–Trinajstić information content (AvgIpc) is 3.95. The highest BCUT2D eigenvalue weighted by Gasteiger charge is 2.64. The van der Waals surface area contributed by atoms with Gasteiger partial charge >= 0.3 is 0 Å². The predicted molar refractivity (Wildman–Crippen MR) is 272 cm³/mol. The van der Waals surface area contributed by atoms with Crippen molar-refractivity contribution in [1.82, 2.24) is 36.1 Å². The number of halogens is 1. The maximum Gasteiger partial charge on any atom is 0.251 e. The van der Waals surface area contributed by atoms with E-state index in [1.165, 1.54) is 4.90 Å². The number of aromatic nitrogens is 2. The molecule has 3 aromatic carbocycles. The molecule has 368 valence electrons. The fourth-order valence-electron chi connectivity index (χ4n) is 9.77. The number of nitriles is 1. The largest absolute Gasteiger partial charge is 0.489 e. The molecule has 3 heterocycles. The second-order valence-corrected chi connectivity index (χ2v) is 21.6. The molecule has 1 saturated heterocycles. The van der Waals surface area contributed by atoms with Gasteiger partial charge in [0.1, 0.15) is 35.8 Å². The van der Waals surface area contributed by atoms with Gasteiger partial charge in [0.05, 0.1) is 39.3 Å². The molecule has 5 aromatic rings. The number of benzene rings is 3. The molecular weight excluding hydrogens is 926 g/mol. The molecule has 2 aliphatic rings. The van der Waals surface area contributed by atoms with Crippen LogP contribution in [-0.4, -0.2) is 100 Å². The number of carbonyl (C=O) groups excluding carboxylic acids is 4. The van der Waals surface area contributed by atoms with Gasteiger partial charge in [-0.05, 0) is 65.4 Å². The van der Waals surface area contributed by atoms with Crippen molar-refractivity contribution in [2.75, 3.05) is 31.5 Å². The van der Waals surface area contributed by atoms with Gasteiger partial charge in [0.2, 0.25) is 17.7 Å². The SMILES string of the molecule is Cc1ncsc1-c1ccc(CNC(=O)[C@@H]2C[C@@H](O)CN2C(=O)[C@@H](NC(=O)CNCCNc2ccc(-c3ccc(C(=O)N[C@H]4C(C)(C)[C@H](Oc5ccc(C#N)c(Cl)c5)C4(C)C)cc3)cn2)C(C)(C)C)cc1. The lowest BCUT2D eigenvalue weighted by Crippen LogP contribution is -2.74. The summed E-state index contributed by atoms with van der Waals surface area (Å²) in [6, 6.07) is 24.1. The van der Waals surface area contributed by atoms with E-state index in [9.17, 15) is 29.5 Å². The van der Waals surface area contributed by atoms with Crippen LogP contribution in [0.2, 0.25) is 5.02 Å². The fourth-order valence-corrected chi connectivity index (χ4v) is 10.8. The molecule has 15 nitrogen and oxygen atoms in total. The summed E-state index contributed by atoms with van der Waals surface area (Å²) in [5.74, 6) is -0.132. The number of ether oxygens (including phenoxy) is 1. The van der Waals surface area contributed by atoms with Crippen LogP contribution in [0.15, 0.2) is 90.6 Å². The van der Waals surface area contributed by atoms with Crippen LogP contribution in [0.4, 0.5) is 5.82 Å². The molecule has 7 rings (SSSR count). The van der Waals surface area contributed by atoms with Gasteiger partial charge in [0.15, 0.2) is 0 Å². The Morgan fingerprint density at radius 3 is 2.24 bits per heavy atom. The number of likely N-dealkylation sites (tertiary alicyclic amines) is 1. The first-order valence-corrected chi connectivity index (χ1v) is 24.7. The summed E-state index contributed by atoms with van der Waals surface area (Å²) in [6.07, 6.45) is 0.764. The zero-order valence-corrected chi connectivity index (χ0v) is 42.4. The third kappa shape index (κ3) is 11.6. The molecule has 17 heteroatoms. The molecule has 1 aliphatic heterocycles. The number of carbonyl (C=O) groups is 4. The Bertz CT molecular complexity index is 2720. The normalized spacial score (nSPS) is 19.5. The van der Waals surface area contributed by atoms with Crippen LogP contribution in [0, 0.1) is 34.5 Å². The van der Waals surface area contributed by atoms with Crippen LogP contribution in [0.5, 0.6) is 5.75 Å². The number of aliphatic hydroxyl groups excluding tert-OH is 1. The number of hydrogen-bond acceptors (Lipinski definition) is 12. The molecule has 0 radical (unpaired) electrons. The third-order valence-electron chi connectivity index (χ3n) is 13.3. The van der Waals surface area contributed by atoms with Crippen molar-refractivity contribution in [3.63, 3.8) is 0 Å². The zero-order chi connectivity index (χ0) is 50.5. The molecule has 1 saturated carbocycles. The highest BCUT2D eigenvalue weighted by molar-refractivity contribution is 7.13. The predicted octanol–water partition coefficient (Wildman–Crippen LogP) is 7.13. The lowest BCUT2D eigenvalue weighted by atomic mass is 9.49. The second-order valence-electron chi connectivity index (χ2n) is 20.4. The molecule has 2 aromatic heterocycles. The Labute approximate surface area is 418 Å². The minimum Gasteiger partial charge on any atom is -0.489 e. The number of anilines is 1. The Balaban J connectivity index is 0.839. The summed E-state index contributed by atoms with van der Waals surface area (Å²) >= 11 is 7.82. The van der Waals surface area contributed by atoms with E-state index in [0.717, 1.165) is 32.8 Å². The highest BCUT2D eigenvalue weighted by atomic mass is 35.5. The lowest BCUT2D eigenvalue weighted by molar-refractivity contribution is -0.164. The van der Waals surface area contributed by atoms with E-state index in [2.05, 4.69) is 70.3 Å². The van der Waals surface area contributed by atoms with Crippen molar-refractivity contribution >= 4 is 52.4 Å². The minimum atomic E-state index is -0.941. The molecule has 6 N–H and O–H groups in total. The number of amides is 4. The number of aryl methyl sites for hydroxylation is 1. The van der Waals surface area contributed by atoms with E-state index in [0.29, 0.717) is 40.8 Å². The molecule has 0 spiro atoms. The number of nitrogens with one attached hydrogen (secondary N) is 5. The van der Waals surface area contributed by atoms with E-state index in [4.69, 9.17) is 16.3 Å². The molecule has 1 aliphatic carbocycles. The Hall–Kier alpha value is -6.38. The highest BCUT2D eigenvalue weighted by Crippen LogP contribution is 2.55. The van der Waals surface area contributed by atoms with E-state index in [-0.39, 0.29) is 55.9 Å². The minimum absolute atomic E-state index is 0.0105. The van der Waals surface area contributed by atoms with Crippen LogP contribution >= 0.6 is 22.9 Å². The van der Waals surface area contributed by atoms with Crippen LogP contribution in [0.3, 0.4) is 0 Å². The molecule has 70 heavy (non-hydrogen) atoms. The van der Waals surface area contributed by atoms with E-state index in [1.54, 1.807) is 47.9 Å². The van der Waals surface area contributed by atoms with E-state index in [1.807, 2.05) is 81.7 Å². The second kappa shape index (κ2) is 21.3. The number of rotatable bonds is 17. The van der Waals surface area contributed by atoms with Gasteiger partial charge in [0.25, 0.3) is 5.91 Å². The van der Waals surface area contributed by atoms with Gasteiger partial charge in [0, 0.05) is 72.9 Å². The number of aliphatic hydroxyl groups is 1. The van der Waals surface area contributed by atoms with Crippen molar-refractivity contribution in [3.05, 3.63) is 118 Å². The molecule has 3 atom stereocenters. The van der Waals surface area contributed by atoms with Gasteiger partial charge < -0.3 is 41.3 Å². The molecule has 0 bridgehead atoms. The summed E-state index contributed by atoms with van der Waals surface area (Å²) in [4.78, 5) is 65.5. The standard InChI is InChI=1S/C53H62ClN9O6S/c1-31-44(70-30-60-31)34-11-9-32(10-12-34)26-59-47(67)41-23-38(64)29-63(41)48(68)45(51(2,3)4)61-43(65)28-56-21-22-57-42-20-18-37(27-58-42)33-13-15-35(16-14-33)46(66)62-49-52(5,6)50(53(49,7)8)69-39-19-17-36(25-55)40(54)24-39/h9-20,24,27,30,38,41,45,49-50,56,64H,21-23,26,28-29H2,1-8H3,(H,57,58)(H,59,67)(H,61,65)(H,62,66)/t38-,41+,45-,49-,50-/m1/s1. The van der Waals surface area contributed by atoms with Crippen LogP contribution in [0.1, 0.15) is 82.1 Å². The molecular formula is C53H62ClN9O6S. The number of pyridine rings is 1. The van der Waals surface area contributed by atoms with Crippen LogP contribution < -0.4 is 31.3 Å². The quantitative estimate of drug-likeness (QED) is 0.0517. The summed E-state index contributed by atoms with van der Waals surface area (Å²) in [6.45, 7) is 16.9. The Morgan fingerprint density at radius 1 is 0.943 bits per heavy atom. The maximum atomic E-state index is 14.0. The third-order valence-corrected chi connectivity index (χ3v) is 14.6. The van der Waals surface area contributed by atoms with Crippen molar-refractivity contribution in [1.29, 1.82) is 5.26 Å². The topological polar surface area (TPSA) is 211 Å². The van der Waals surface area contributed by atoms with Gasteiger partial charge in [-0.1, -0.05) is 96.5 Å². The smallest absolute Gasteiger partial charge is 0.251 e. The van der Waals surface area contributed by atoms with Gasteiger partial charge in [-0.3, -0.25) is 19.2 Å². The summed E-state index contributed by atoms with van der Waals surface area (Å²) in [7, 11) is 0. The maximum absolute atomic E-state index is 14.0. The van der Waals surface area contributed by atoms with Crippen molar-refractivity contribution in [3.8, 4) is 33.4 Å². The Morgan fingerprint density at radius 2 is 1.63 bits per heavy atom. The van der Waals surface area contributed by atoms with Gasteiger partial charge in [-0.15, -0.1) is 11.3 Å².